The second-order valence-electron chi connectivity index (χ2n) is 5.41. The smallest absolute Gasteiger partial charge is 0.233 e. The molecule has 0 saturated heterocycles. The highest BCUT2D eigenvalue weighted by Crippen LogP contribution is 1.96. The predicted molar refractivity (Wildman–Crippen MR) is 96.1 cm³/mol. The van der Waals surface area contributed by atoms with Crippen LogP contribution in [0.5, 0.6) is 0 Å². The first-order valence-electron chi connectivity index (χ1n) is 8.92. The zero-order valence-corrected chi connectivity index (χ0v) is 15.9. The number of hydrogen-bond acceptors (Lipinski definition) is 9. The van der Waals surface area contributed by atoms with Crippen molar-refractivity contribution in [2.75, 3.05) is 73.1 Å². The van der Waals surface area contributed by atoms with Crippen molar-refractivity contribution in [3.8, 4) is 0 Å². The predicted octanol–water partition coefficient (Wildman–Crippen LogP) is -1.43. The van der Waals surface area contributed by atoms with Crippen LogP contribution in [0.1, 0.15) is 5.69 Å². The molecule has 0 saturated carbocycles. The van der Waals surface area contributed by atoms with Crippen molar-refractivity contribution in [1.82, 2.24) is 20.3 Å². The van der Waals surface area contributed by atoms with Gasteiger partial charge in [-0.3, -0.25) is 4.79 Å². The Balaban J connectivity index is 1.93. The molecule has 1 aromatic heterocycles. The van der Waals surface area contributed by atoms with Crippen LogP contribution in [0.2, 0.25) is 0 Å². The van der Waals surface area contributed by atoms with Gasteiger partial charge in [0.15, 0.2) is 0 Å². The normalized spacial score (nSPS) is 11.0. The van der Waals surface area contributed by atoms with Crippen LogP contribution < -0.4 is 11.1 Å². The van der Waals surface area contributed by atoms with E-state index in [1.54, 1.807) is 18.0 Å². The number of carbonyl (C=O) groups excluding carboxylic acids is 1. The summed E-state index contributed by atoms with van der Waals surface area (Å²) in [6.45, 7) is 5.51. The molecule has 0 aliphatic rings. The third-order valence-electron chi connectivity index (χ3n) is 3.23. The highest BCUT2D eigenvalue weighted by atomic mass is 16.6. The first-order chi connectivity index (χ1) is 13.3. The molecule has 27 heavy (non-hydrogen) atoms. The third-order valence-corrected chi connectivity index (χ3v) is 3.23. The zero-order valence-electron chi connectivity index (χ0n) is 15.9. The molecule has 1 amide bonds. The minimum atomic E-state index is -0.203. The molecule has 0 bridgehead atoms. The molecule has 0 spiro atoms. The third kappa shape index (κ3) is 13.2. The summed E-state index contributed by atoms with van der Waals surface area (Å²) in [6.07, 6.45) is 1.80. The van der Waals surface area contributed by atoms with Crippen LogP contribution in [0.3, 0.4) is 0 Å². The number of aromatic nitrogens is 3. The van der Waals surface area contributed by atoms with Crippen LogP contribution in [-0.4, -0.2) is 94.0 Å². The van der Waals surface area contributed by atoms with E-state index in [1.807, 2.05) is 0 Å². The first-order valence-corrected chi connectivity index (χ1v) is 8.92. The number of ether oxygens (including phenoxy) is 5. The van der Waals surface area contributed by atoms with Gasteiger partial charge in [0.25, 0.3) is 0 Å². The summed E-state index contributed by atoms with van der Waals surface area (Å²) in [7, 11) is 1.64. The average Bonchev–Trinajstić information content (AvgIpc) is 3.13. The summed E-state index contributed by atoms with van der Waals surface area (Å²) < 4.78 is 28.1. The van der Waals surface area contributed by atoms with Crippen molar-refractivity contribution in [3.63, 3.8) is 0 Å². The quantitative estimate of drug-likeness (QED) is 0.290. The molecule has 1 heterocycles. The van der Waals surface area contributed by atoms with Crippen molar-refractivity contribution < 1.29 is 28.5 Å². The molecule has 0 radical (unpaired) electrons. The largest absolute Gasteiger partial charge is 0.382 e. The fourth-order valence-corrected chi connectivity index (χ4v) is 1.87. The van der Waals surface area contributed by atoms with E-state index in [2.05, 4.69) is 15.6 Å². The standard InChI is InChI=1S/C16H31N5O6/c1-23-6-7-25-10-11-26-9-8-24-5-3-21-13-15(19-20-21)14-27-4-2-18-16(22)12-17/h13H,2-12,14,17H2,1H3,(H,18,22). The lowest BCUT2D eigenvalue weighted by Gasteiger charge is -2.06. The number of methoxy groups -OCH3 is 1. The summed E-state index contributed by atoms with van der Waals surface area (Å²) in [5, 5.41) is 10.6. The molecule has 0 aliphatic carbocycles. The monoisotopic (exact) mass is 389 g/mol. The van der Waals surface area contributed by atoms with E-state index < -0.39 is 0 Å². The second kappa shape index (κ2) is 16.5. The van der Waals surface area contributed by atoms with Gasteiger partial charge in [-0.25, -0.2) is 4.68 Å². The molecule has 0 unspecified atom stereocenters. The van der Waals surface area contributed by atoms with E-state index in [4.69, 9.17) is 29.4 Å². The number of rotatable bonds is 18. The average molecular weight is 389 g/mol. The topological polar surface area (TPSA) is 132 Å². The van der Waals surface area contributed by atoms with Gasteiger partial charge in [0.2, 0.25) is 5.91 Å². The number of hydrogen-bond donors (Lipinski definition) is 2. The Morgan fingerprint density at radius 1 is 1.04 bits per heavy atom. The maximum Gasteiger partial charge on any atom is 0.233 e. The van der Waals surface area contributed by atoms with Crippen LogP contribution in [0.15, 0.2) is 6.20 Å². The lowest BCUT2D eigenvalue weighted by molar-refractivity contribution is -0.119. The van der Waals surface area contributed by atoms with Crippen molar-refractivity contribution in [2.45, 2.75) is 13.2 Å². The summed E-state index contributed by atoms with van der Waals surface area (Å²) in [6, 6.07) is 0. The van der Waals surface area contributed by atoms with Gasteiger partial charge in [-0.15, -0.1) is 5.10 Å². The molecular formula is C16H31N5O6. The lowest BCUT2D eigenvalue weighted by Crippen LogP contribution is -2.32. The Morgan fingerprint density at radius 2 is 1.70 bits per heavy atom. The van der Waals surface area contributed by atoms with Crippen LogP contribution in [0.25, 0.3) is 0 Å². The fourth-order valence-electron chi connectivity index (χ4n) is 1.87. The van der Waals surface area contributed by atoms with Crippen molar-refractivity contribution in [2.24, 2.45) is 5.73 Å². The highest BCUT2D eigenvalue weighted by molar-refractivity contribution is 5.77. The molecule has 1 rings (SSSR count). The van der Waals surface area contributed by atoms with Crippen LogP contribution >= 0.6 is 0 Å². The maximum absolute atomic E-state index is 10.9. The number of amides is 1. The van der Waals surface area contributed by atoms with E-state index in [0.717, 1.165) is 5.69 Å². The Kier molecular flexibility index (Phi) is 14.3. The summed E-state index contributed by atoms with van der Waals surface area (Å²) >= 11 is 0. The summed E-state index contributed by atoms with van der Waals surface area (Å²) in [4.78, 5) is 10.9. The van der Waals surface area contributed by atoms with Crippen LogP contribution in [0, 0.1) is 0 Å². The van der Waals surface area contributed by atoms with Gasteiger partial charge in [-0.1, -0.05) is 5.21 Å². The summed E-state index contributed by atoms with van der Waals surface area (Å²) in [5.41, 5.74) is 5.90. The molecule has 0 atom stereocenters. The van der Waals surface area contributed by atoms with Crippen molar-refractivity contribution >= 4 is 5.91 Å². The maximum atomic E-state index is 10.9. The SMILES string of the molecule is COCCOCCOCCOCCn1cc(COCCNC(=O)CN)nn1. The second-order valence-corrected chi connectivity index (χ2v) is 5.41. The molecule has 0 fully saturated rings. The Hall–Kier alpha value is -1.63. The number of nitrogens with zero attached hydrogens (tertiary/aromatic N) is 3. The molecule has 0 aliphatic heterocycles. The van der Waals surface area contributed by atoms with Gasteiger partial charge >= 0.3 is 0 Å². The van der Waals surface area contributed by atoms with E-state index >= 15 is 0 Å². The molecule has 1 aromatic rings. The first kappa shape index (κ1) is 23.4. The van der Waals surface area contributed by atoms with Gasteiger partial charge in [-0.2, -0.15) is 0 Å². The molecular weight excluding hydrogens is 358 g/mol. The van der Waals surface area contributed by atoms with Crippen molar-refractivity contribution in [1.29, 1.82) is 0 Å². The van der Waals surface area contributed by atoms with E-state index in [0.29, 0.717) is 72.6 Å². The minimum absolute atomic E-state index is 0.0220. The lowest BCUT2D eigenvalue weighted by atomic mass is 10.5. The minimum Gasteiger partial charge on any atom is -0.382 e. The number of carbonyl (C=O) groups is 1. The zero-order chi connectivity index (χ0) is 19.6. The van der Waals surface area contributed by atoms with Crippen LogP contribution in [-0.2, 0) is 41.6 Å². The van der Waals surface area contributed by atoms with Gasteiger partial charge in [0, 0.05) is 13.7 Å². The van der Waals surface area contributed by atoms with E-state index in [9.17, 15) is 4.79 Å². The highest BCUT2D eigenvalue weighted by Gasteiger charge is 2.02. The number of nitrogens with one attached hydrogen (secondary N) is 1. The fraction of sp³-hybridized carbons (Fsp3) is 0.812. The Morgan fingerprint density at radius 3 is 2.37 bits per heavy atom. The molecule has 0 aromatic carbocycles. The number of nitrogens with two attached hydrogens (primary N) is 1. The van der Waals surface area contributed by atoms with Gasteiger partial charge < -0.3 is 34.7 Å². The van der Waals surface area contributed by atoms with E-state index in [1.165, 1.54) is 0 Å². The van der Waals surface area contributed by atoms with Gasteiger partial charge in [0.05, 0.1) is 78.7 Å². The molecule has 11 heteroatoms. The van der Waals surface area contributed by atoms with E-state index in [-0.39, 0.29) is 12.5 Å². The Bertz CT molecular complexity index is 488. The molecule has 3 N–H and O–H groups in total. The Labute approximate surface area is 159 Å². The molecule has 11 nitrogen and oxygen atoms in total. The van der Waals surface area contributed by atoms with Gasteiger partial charge in [0.1, 0.15) is 5.69 Å². The summed E-state index contributed by atoms with van der Waals surface area (Å²) in [5.74, 6) is -0.203. The van der Waals surface area contributed by atoms with Gasteiger partial charge in [-0.05, 0) is 0 Å². The van der Waals surface area contributed by atoms with Crippen LogP contribution in [0.4, 0.5) is 0 Å². The van der Waals surface area contributed by atoms with Crippen molar-refractivity contribution in [3.05, 3.63) is 11.9 Å². The molecule has 156 valence electrons.